The lowest BCUT2D eigenvalue weighted by Gasteiger charge is -2.02. The van der Waals surface area contributed by atoms with Gasteiger partial charge >= 0.3 is 5.69 Å². The number of aryl methyl sites for hydroxylation is 1. The van der Waals surface area contributed by atoms with Crippen LogP contribution in [0, 0.1) is 0 Å². The zero-order valence-corrected chi connectivity index (χ0v) is 9.21. The first-order valence-corrected chi connectivity index (χ1v) is 5.48. The highest BCUT2D eigenvalue weighted by Crippen LogP contribution is 2.33. The van der Waals surface area contributed by atoms with Crippen LogP contribution in [-0.4, -0.2) is 18.7 Å². The van der Waals surface area contributed by atoms with Gasteiger partial charge in [-0.05, 0) is 12.8 Å². The fraction of sp³-hybridized carbons (Fsp3) is 0.455. The standard InChI is InChI=1S/C11H14N4O/c1-13-8-12-6-10(13)7-14-4-5-15(11(14)16)9-2-3-9/h4-6,8-9H,2-3,7H2,1H3. The van der Waals surface area contributed by atoms with Crippen LogP contribution in [0.15, 0.2) is 29.7 Å². The summed E-state index contributed by atoms with van der Waals surface area (Å²) >= 11 is 0. The second-order valence-electron chi connectivity index (χ2n) is 4.34. The average Bonchev–Trinajstić information content (AvgIpc) is 2.94. The van der Waals surface area contributed by atoms with Crippen molar-refractivity contribution in [2.75, 3.05) is 0 Å². The van der Waals surface area contributed by atoms with Gasteiger partial charge in [0.15, 0.2) is 0 Å². The van der Waals surface area contributed by atoms with E-state index in [1.807, 2.05) is 28.6 Å². The third kappa shape index (κ3) is 1.48. The Balaban J connectivity index is 1.90. The van der Waals surface area contributed by atoms with Crippen molar-refractivity contribution in [3.05, 3.63) is 41.1 Å². The average molecular weight is 218 g/mol. The quantitative estimate of drug-likeness (QED) is 0.763. The highest BCUT2D eigenvalue weighted by molar-refractivity contribution is 5.00. The molecule has 84 valence electrons. The van der Waals surface area contributed by atoms with Crippen molar-refractivity contribution >= 4 is 0 Å². The van der Waals surface area contributed by atoms with Gasteiger partial charge < -0.3 is 4.57 Å². The first-order chi connectivity index (χ1) is 7.75. The fourth-order valence-corrected chi connectivity index (χ4v) is 1.89. The van der Waals surface area contributed by atoms with Crippen LogP contribution in [0.4, 0.5) is 0 Å². The molecule has 0 aliphatic heterocycles. The molecule has 2 heterocycles. The van der Waals surface area contributed by atoms with Gasteiger partial charge in [-0.25, -0.2) is 9.78 Å². The smallest absolute Gasteiger partial charge is 0.328 e. The molecule has 0 radical (unpaired) electrons. The van der Waals surface area contributed by atoms with E-state index in [-0.39, 0.29) is 5.69 Å². The molecule has 16 heavy (non-hydrogen) atoms. The Morgan fingerprint density at radius 3 is 2.88 bits per heavy atom. The molecule has 1 aliphatic carbocycles. The Bertz CT molecular complexity index is 559. The normalized spacial score (nSPS) is 15.6. The maximum absolute atomic E-state index is 12.0. The van der Waals surface area contributed by atoms with Crippen molar-refractivity contribution in [1.82, 2.24) is 18.7 Å². The SMILES string of the molecule is Cn1cncc1Cn1ccn(C2CC2)c1=O. The first-order valence-electron chi connectivity index (χ1n) is 5.48. The maximum atomic E-state index is 12.0. The van der Waals surface area contributed by atoms with Crippen LogP contribution in [0.2, 0.25) is 0 Å². The van der Waals surface area contributed by atoms with E-state index in [0.29, 0.717) is 12.6 Å². The highest BCUT2D eigenvalue weighted by Gasteiger charge is 2.25. The van der Waals surface area contributed by atoms with Crippen molar-refractivity contribution in [3.63, 3.8) is 0 Å². The molecule has 0 saturated heterocycles. The van der Waals surface area contributed by atoms with E-state index in [4.69, 9.17) is 0 Å². The summed E-state index contributed by atoms with van der Waals surface area (Å²) in [4.78, 5) is 16.0. The second kappa shape index (κ2) is 3.37. The van der Waals surface area contributed by atoms with Crippen molar-refractivity contribution in [3.8, 4) is 0 Å². The molecule has 0 aromatic carbocycles. The highest BCUT2D eigenvalue weighted by atomic mass is 16.1. The largest absolute Gasteiger partial charge is 0.336 e. The van der Waals surface area contributed by atoms with Crippen LogP contribution in [-0.2, 0) is 13.6 Å². The summed E-state index contributed by atoms with van der Waals surface area (Å²) in [5.41, 5.74) is 1.12. The number of imidazole rings is 2. The van der Waals surface area contributed by atoms with Crippen molar-refractivity contribution in [1.29, 1.82) is 0 Å². The van der Waals surface area contributed by atoms with Gasteiger partial charge in [0, 0.05) is 31.7 Å². The monoisotopic (exact) mass is 218 g/mol. The second-order valence-corrected chi connectivity index (χ2v) is 4.34. The zero-order chi connectivity index (χ0) is 11.1. The number of hydrogen-bond acceptors (Lipinski definition) is 2. The van der Waals surface area contributed by atoms with E-state index < -0.39 is 0 Å². The molecule has 0 spiro atoms. The van der Waals surface area contributed by atoms with Gasteiger partial charge in [0.05, 0.1) is 18.6 Å². The van der Waals surface area contributed by atoms with Gasteiger partial charge in [-0.3, -0.25) is 9.13 Å². The molecule has 0 atom stereocenters. The van der Waals surface area contributed by atoms with Crippen molar-refractivity contribution in [2.24, 2.45) is 7.05 Å². The molecule has 5 heteroatoms. The Kier molecular flexibility index (Phi) is 1.99. The van der Waals surface area contributed by atoms with E-state index in [1.165, 1.54) is 0 Å². The Hall–Kier alpha value is -1.78. The minimum Gasteiger partial charge on any atom is -0.336 e. The van der Waals surface area contributed by atoms with Crippen LogP contribution >= 0.6 is 0 Å². The van der Waals surface area contributed by atoms with E-state index in [2.05, 4.69) is 4.98 Å². The summed E-state index contributed by atoms with van der Waals surface area (Å²) in [6, 6.07) is 0.445. The summed E-state index contributed by atoms with van der Waals surface area (Å²) in [6.45, 7) is 0.592. The third-order valence-electron chi connectivity index (χ3n) is 3.06. The van der Waals surface area contributed by atoms with Gasteiger partial charge in [-0.15, -0.1) is 0 Å². The predicted octanol–water partition coefficient (Wildman–Crippen LogP) is 0.766. The van der Waals surface area contributed by atoms with E-state index in [9.17, 15) is 4.79 Å². The number of hydrogen-bond donors (Lipinski definition) is 0. The predicted molar refractivity (Wildman–Crippen MR) is 59.3 cm³/mol. The summed E-state index contributed by atoms with van der Waals surface area (Å²) in [7, 11) is 1.94. The van der Waals surface area contributed by atoms with Crippen LogP contribution < -0.4 is 5.69 Å². The lowest BCUT2D eigenvalue weighted by Crippen LogP contribution is -2.24. The van der Waals surface area contributed by atoms with E-state index in [0.717, 1.165) is 18.5 Å². The van der Waals surface area contributed by atoms with Crippen LogP contribution in [0.3, 0.4) is 0 Å². The summed E-state index contributed by atoms with van der Waals surface area (Å²) in [5, 5.41) is 0. The molecule has 2 aromatic rings. The van der Waals surface area contributed by atoms with Gasteiger partial charge in [0.25, 0.3) is 0 Å². The van der Waals surface area contributed by atoms with Crippen LogP contribution in [0.5, 0.6) is 0 Å². The molecule has 5 nitrogen and oxygen atoms in total. The lowest BCUT2D eigenvalue weighted by atomic mass is 10.4. The summed E-state index contributed by atoms with van der Waals surface area (Å²) in [6.07, 6.45) is 9.55. The lowest BCUT2D eigenvalue weighted by molar-refractivity contribution is 0.640. The Morgan fingerprint density at radius 1 is 1.44 bits per heavy atom. The summed E-state index contributed by atoms with van der Waals surface area (Å²) < 4.78 is 5.49. The molecular weight excluding hydrogens is 204 g/mol. The molecule has 0 bridgehead atoms. The van der Waals surface area contributed by atoms with Gasteiger partial charge in [-0.2, -0.15) is 0 Å². The zero-order valence-electron chi connectivity index (χ0n) is 9.21. The molecule has 0 amide bonds. The molecule has 1 aliphatic rings. The van der Waals surface area contributed by atoms with Crippen LogP contribution in [0.1, 0.15) is 24.6 Å². The first kappa shape index (κ1) is 9.45. The van der Waals surface area contributed by atoms with Gasteiger partial charge in [0.1, 0.15) is 0 Å². The van der Waals surface area contributed by atoms with Crippen LogP contribution in [0.25, 0.3) is 0 Å². The number of rotatable bonds is 3. The molecular formula is C11H14N4O. The molecule has 1 saturated carbocycles. The van der Waals surface area contributed by atoms with Crippen molar-refractivity contribution < 1.29 is 0 Å². The molecule has 1 fully saturated rings. The van der Waals surface area contributed by atoms with Gasteiger partial charge in [0.2, 0.25) is 0 Å². The molecule has 0 N–H and O–H groups in total. The van der Waals surface area contributed by atoms with E-state index in [1.54, 1.807) is 17.1 Å². The number of aromatic nitrogens is 4. The number of nitrogens with zero attached hydrogens (tertiary/aromatic N) is 4. The maximum Gasteiger partial charge on any atom is 0.328 e. The summed E-state index contributed by atoms with van der Waals surface area (Å²) in [5.74, 6) is 0. The molecule has 2 aromatic heterocycles. The third-order valence-corrected chi connectivity index (χ3v) is 3.06. The molecule has 0 unspecified atom stereocenters. The fourth-order valence-electron chi connectivity index (χ4n) is 1.89. The van der Waals surface area contributed by atoms with Crippen molar-refractivity contribution in [2.45, 2.75) is 25.4 Å². The Labute approximate surface area is 93.0 Å². The van der Waals surface area contributed by atoms with Gasteiger partial charge in [-0.1, -0.05) is 0 Å². The molecule has 3 rings (SSSR count). The topological polar surface area (TPSA) is 44.8 Å². The Morgan fingerprint density at radius 2 is 2.25 bits per heavy atom. The van der Waals surface area contributed by atoms with E-state index >= 15 is 0 Å². The minimum absolute atomic E-state index is 0.0868. The minimum atomic E-state index is 0.0868.